The van der Waals surface area contributed by atoms with Gasteiger partial charge in [0.2, 0.25) is 0 Å². The molecule has 0 spiro atoms. The van der Waals surface area contributed by atoms with E-state index in [4.69, 9.17) is 4.74 Å². The fourth-order valence-electron chi connectivity index (χ4n) is 2.19. The maximum atomic E-state index is 5.90. The molecule has 1 heterocycles. The summed E-state index contributed by atoms with van der Waals surface area (Å²) in [6, 6.07) is 10.1. The first-order valence-corrected chi connectivity index (χ1v) is 7.51. The van der Waals surface area contributed by atoms with Gasteiger partial charge in [0.05, 0.1) is 11.7 Å². The third-order valence-electron chi connectivity index (χ3n) is 3.29. The van der Waals surface area contributed by atoms with Crippen LogP contribution in [0.5, 0.6) is 5.75 Å². The maximum absolute atomic E-state index is 5.90. The Bertz CT molecular complexity index is 527. The first kappa shape index (κ1) is 14.8. The Morgan fingerprint density at radius 2 is 2.10 bits per heavy atom. The number of fused-ring (bicyclic) bond motifs is 1. The first-order chi connectivity index (χ1) is 9.79. The Hall–Kier alpha value is -1.61. The number of ether oxygens (including phenoxy) is 1. The van der Waals surface area contributed by atoms with E-state index in [0.29, 0.717) is 0 Å². The van der Waals surface area contributed by atoms with E-state index in [1.807, 2.05) is 18.2 Å². The van der Waals surface area contributed by atoms with Gasteiger partial charge in [0.1, 0.15) is 11.9 Å². The minimum absolute atomic E-state index is 0.152. The number of para-hydroxylation sites is 1. The van der Waals surface area contributed by atoms with Crippen LogP contribution in [-0.2, 0) is 0 Å². The fourth-order valence-corrected chi connectivity index (χ4v) is 2.19. The molecule has 0 aliphatic carbocycles. The lowest BCUT2D eigenvalue weighted by molar-refractivity contribution is 0.216. The van der Waals surface area contributed by atoms with Gasteiger partial charge in [-0.2, -0.15) is 0 Å². The van der Waals surface area contributed by atoms with Crippen molar-refractivity contribution in [3.05, 3.63) is 36.5 Å². The standard InChI is InChI=1S/C17H24N2O/c1-3-4-7-10-18-12-14(2)20-16-11-15-8-5-6-9-17(15)19-13-16/h5-6,8-9,11,13-14,18H,3-4,7,10,12H2,1-2H3. The van der Waals surface area contributed by atoms with Gasteiger partial charge >= 0.3 is 0 Å². The summed E-state index contributed by atoms with van der Waals surface area (Å²) >= 11 is 0. The van der Waals surface area contributed by atoms with E-state index in [1.165, 1.54) is 19.3 Å². The SMILES string of the molecule is CCCCCNCC(C)Oc1cnc2ccccc2c1. The lowest BCUT2D eigenvalue weighted by Crippen LogP contribution is -2.29. The molecule has 1 N–H and O–H groups in total. The minimum atomic E-state index is 0.152. The summed E-state index contributed by atoms with van der Waals surface area (Å²) in [7, 11) is 0. The predicted molar refractivity (Wildman–Crippen MR) is 84.2 cm³/mol. The van der Waals surface area contributed by atoms with E-state index >= 15 is 0 Å². The van der Waals surface area contributed by atoms with Crippen LogP contribution in [0.2, 0.25) is 0 Å². The largest absolute Gasteiger partial charge is 0.488 e. The molecule has 0 radical (unpaired) electrons. The summed E-state index contributed by atoms with van der Waals surface area (Å²) in [5.41, 5.74) is 1.00. The average molecular weight is 272 g/mol. The Morgan fingerprint density at radius 1 is 1.25 bits per heavy atom. The molecular formula is C17H24N2O. The van der Waals surface area contributed by atoms with E-state index in [-0.39, 0.29) is 6.10 Å². The van der Waals surface area contributed by atoms with Crippen LogP contribution >= 0.6 is 0 Å². The van der Waals surface area contributed by atoms with Crippen molar-refractivity contribution in [2.45, 2.75) is 39.2 Å². The Balaban J connectivity index is 1.81. The van der Waals surface area contributed by atoms with Crippen LogP contribution in [-0.4, -0.2) is 24.2 Å². The van der Waals surface area contributed by atoms with Gasteiger partial charge in [0.15, 0.2) is 0 Å². The van der Waals surface area contributed by atoms with E-state index < -0.39 is 0 Å². The van der Waals surface area contributed by atoms with Gasteiger partial charge in [-0.05, 0) is 32.0 Å². The highest BCUT2D eigenvalue weighted by Crippen LogP contribution is 2.18. The van der Waals surface area contributed by atoms with Crippen LogP contribution in [0.3, 0.4) is 0 Å². The van der Waals surface area contributed by atoms with Crippen LogP contribution in [0, 0.1) is 0 Å². The highest BCUT2D eigenvalue weighted by atomic mass is 16.5. The lowest BCUT2D eigenvalue weighted by Gasteiger charge is -2.15. The molecule has 0 saturated heterocycles. The fraction of sp³-hybridized carbons (Fsp3) is 0.471. The van der Waals surface area contributed by atoms with Crippen molar-refractivity contribution in [2.24, 2.45) is 0 Å². The van der Waals surface area contributed by atoms with Crippen molar-refractivity contribution in [3.8, 4) is 5.75 Å². The van der Waals surface area contributed by atoms with E-state index in [1.54, 1.807) is 6.20 Å². The van der Waals surface area contributed by atoms with Gasteiger partial charge in [0, 0.05) is 11.9 Å². The summed E-state index contributed by atoms with van der Waals surface area (Å²) in [5.74, 6) is 0.839. The summed E-state index contributed by atoms with van der Waals surface area (Å²) in [6.45, 7) is 6.24. The van der Waals surface area contributed by atoms with Crippen LogP contribution in [0.1, 0.15) is 33.1 Å². The third kappa shape index (κ3) is 4.49. The number of benzene rings is 1. The molecule has 0 saturated carbocycles. The topological polar surface area (TPSA) is 34.1 Å². The molecule has 1 aromatic heterocycles. The molecule has 108 valence electrons. The molecule has 20 heavy (non-hydrogen) atoms. The molecule has 0 fully saturated rings. The number of rotatable bonds is 8. The average Bonchev–Trinajstić information content (AvgIpc) is 2.47. The molecule has 2 aromatic rings. The van der Waals surface area contributed by atoms with Gasteiger partial charge in [-0.15, -0.1) is 0 Å². The monoisotopic (exact) mass is 272 g/mol. The second kappa shape index (κ2) is 7.85. The van der Waals surface area contributed by atoms with Crippen molar-refractivity contribution in [1.82, 2.24) is 10.3 Å². The minimum Gasteiger partial charge on any atom is -0.488 e. The summed E-state index contributed by atoms with van der Waals surface area (Å²) < 4.78 is 5.90. The third-order valence-corrected chi connectivity index (χ3v) is 3.29. The van der Waals surface area contributed by atoms with Crippen molar-refractivity contribution >= 4 is 10.9 Å². The Labute approximate surface area is 121 Å². The number of hydrogen-bond acceptors (Lipinski definition) is 3. The van der Waals surface area contributed by atoms with Gasteiger partial charge in [0.25, 0.3) is 0 Å². The lowest BCUT2D eigenvalue weighted by atomic mass is 10.2. The number of nitrogens with one attached hydrogen (secondary N) is 1. The molecule has 1 unspecified atom stereocenters. The van der Waals surface area contributed by atoms with E-state index in [0.717, 1.165) is 29.7 Å². The summed E-state index contributed by atoms with van der Waals surface area (Å²) in [5, 5.41) is 4.55. The number of aromatic nitrogens is 1. The Kier molecular flexibility index (Phi) is 5.81. The van der Waals surface area contributed by atoms with E-state index in [9.17, 15) is 0 Å². The normalized spacial score (nSPS) is 12.5. The molecule has 1 aromatic carbocycles. The second-order valence-corrected chi connectivity index (χ2v) is 5.20. The van der Waals surface area contributed by atoms with E-state index in [2.05, 4.69) is 36.3 Å². The molecule has 3 heteroatoms. The molecule has 2 rings (SSSR count). The molecule has 0 aliphatic heterocycles. The smallest absolute Gasteiger partial charge is 0.138 e. The highest BCUT2D eigenvalue weighted by molar-refractivity contribution is 5.79. The van der Waals surface area contributed by atoms with Gasteiger partial charge in [-0.25, -0.2) is 0 Å². The van der Waals surface area contributed by atoms with Crippen molar-refractivity contribution in [2.75, 3.05) is 13.1 Å². The number of unbranched alkanes of at least 4 members (excludes halogenated alkanes) is 2. The molecule has 0 bridgehead atoms. The van der Waals surface area contributed by atoms with Crippen molar-refractivity contribution in [1.29, 1.82) is 0 Å². The summed E-state index contributed by atoms with van der Waals surface area (Å²) in [6.07, 6.45) is 5.74. The zero-order valence-electron chi connectivity index (χ0n) is 12.4. The van der Waals surface area contributed by atoms with Crippen LogP contribution in [0.4, 0.5) is 0 Å². The highest BCUT2D eigenvalue weighted by Gasteiger charge is 2.04. The maximum Gasteiger partial charge on any atom is 0.138 e. The molecule has 1 atom stereocenters. The van der Waals surface area contributed by atoms with Crippen molar-refractivity contribution in [3.63, 3.8) is 0 Å². The number of hydrogen-bond donors (Lipinski definition) is 1. The second-order valence-electron chi connectivity index (χ2n) is 5.20. The molecule has 3 nitrogen and oxygen atoms in total. The zero-order valence-corrected chi connectivity index (χ0v) is 12.4. The predicted octanol–water partition coefficient (Wildman–Crippen LogP) is 3.78. The summed E-state index contributed by atoms with van der Waals surface area (Å²) in [4.78, 5) is 4.41. The quantitative estimate of drug-likeness (QED) is 0.743. The Morgan fingerprint density at radius 3 is 2.95 bits per heavy atom. The number of nitrogens with zero attached hydrogens (tertiary/aromatic N) is 1. The van der Waals surface area contributed by atoms with Gasteiger partial charge < -0.3 is 10.1 Å². The van der Waals surface area contributed by atoms with Gasteiger partial charge in [-0.1, -0.05) is 38.0 Å². The molecular weight excluding hydrogens is 248 g/mol. The van der Waals surface area contributed by atoms with Crippen LogP contribution in [0.15, 0.2) is 36.5 Å². The number of pyridine rings is 1. The molecule has 0 aliphatic rings. The first-order valence-electron chi connectivity index (χ1n) is 7.51. The zero-order chi connectivity index (χ0) is 14.2. The van der Waals surface area contributed by atoms with Crippen LogP contribution in [0.25, 0.3) is 10.9 Å². The van der Waals surface area contributed by atoms with Crippen LogP contribution < -0.4 is 10.1 Å². The van der Waals surface area contributed by atoms with Crippen molar-refractivity contribution < 1.29 is 4.74 Å². The molecule has 0 amide bonds. The van der Waals surface area contributed by atoms with Gasteiger partial charge in [-0.3, -0.25) is 4.98 Å².